The van der Waals surface area contributed by atoms with Crippen LogP contribution in [0.15, 0.2) is 59.5 Å². The quantitative estimate of drug-likeness (QED) is 0.457. The average molecular weight is 453 g/mol. The van der Waals surface area contributed by atoms with E-state index in [1.165, 1.54) is 16.6 Å². The van der Waals surface area contributed by atoms with Crippen molar-refractivity contribution in [1.82, 2.24) is 19.6 Å². The highest BCUT2D eigenvalue weighted by Crippen LogP contribution is 2.26. The van der Waals surface area contributed by atoms with E-state index in [1.807, 2.05) is 6.07 Å². The molecule has 0 amide bonds. The maximum Gasteiger partial charge on any atom is 0.267 e. The molecule has 8 nitrogen and oxygen atoms in total. The number of hydrogen-bond donors (Lipinski definition) is 0. The van der Waals surface area contributed by atoms with Crippen LogP contribution < -0.4 is 4.31 Å². The first-order valence-corrected chi connectivity index (χ1v) is 11.1. The predicted molar refractivity (Wildman–Crippen MR) is 116 cm³/mol. The van der Waals surface area contributed by atoms with E-state index in [0.717, 1.165) is 4.31 Å². The molecular weight excluding hydrogens is 436 g/mol. The molecule has 0 saturated carbocycles. The highest BCUT2D eigenvalue weighted by Gasteiger charge is 2.29. The first-order valence-electron chi connectivity index (χ1n) is 9.27. The van der Waals surface area contributed by atoms with Gasteiger partial charge in [-0.1, -0.05) is 41.9 Å². The first-order chi connectivity index (χ1) is 14.8. The molecule has 0 aliphatic rings. The summed E-state index contributed by atoms with van der Waals surface area (Å²) < 4.78 is 29.5. The molecule has 10 heteroatoms. The molecule has 4 rings (SSSR count). The zero-order valence-corrected chi connectivity index (χ0v) is 18.3. The molecule has 156 valence electrons. The van der Waals surface area contributed by atoms with Crippen LogP contribution >= 0.6 is 11.6 Å². The first kappa shape index (κ1) is 20.8. The van der Waals surface area contributed by atoms with Gasteiger partial charge in [0.1, 0.15) is 0 Å². The Hall–Kier alpha value is -3.48. The highest BCUT2D eigenvalue weighted by molar-refractivity contribution is 7.92. The Morgan fingerprint density at radius 3 is 2.39 bits per heavy atom. The standard InChI is InChI=1S/C21H17ClN6O2S/c1-14-19(22)15(2)28-20(24-14)25-21(26-28)27(13-17-10-8-16(12-23)9-11-17)31(29,30)18-6-4-3-5-7-18/h3-11H,13H2,1-2H3. The fourth-order valence-electron chi connectivity index (χ4n) is 3.08. The molecule has 0 unspecified atom stereocenters. The molecular formula is C21H17ClN6O2S. The minimum Gasteiger partial charge on any atom is -0.228 e. The molecule has 0 bridgehead atoms. The van der Waals surface area contributed by atoms with Crippen molar-refractivity contribution in [2.24, 2.45) is 0 Å². The maximum atomic E-state index is 13.5. The largest absolute Gasteiger partial charge is 0.267 e. The number of nitriles is 1. The third-order valence-corrected chi connectivity index (χ3v) is 7.05. The molecule has 0 atom stereocenters. The molecule has 0 aliphatic carbocycles. The van der Waals surface area contributed by atoms with Gasteiger partial charge < -0.3 is 0 Å². The van der Waals surface area contributed by atoms with E-state index < -0.39 is 10.0 Å². The molecule has 4 aromatic rings. The number of nitrogens with zero attached hydrogens (tertiary/aromatic N) is 6. The molecule has 2 aromatic heterocycles. The summed E-state index contributed by atoms with van der Waals surface area (Å²) in [6, 6.07) is 16.8. The normalized spacial score (nSPS) is 11.4. The van der Waals surface area contributed by atoms with E-state index in [4.69, 9.17) is 16.9 Å². The summed E-state index contributed by atoms with van der Waals surface area (Å²) in [7, 11) is -3.98. The van der Waals surface area contributed by atoms with Crippen molar-refractivity contribution in [3.8, 4) is 6.07 Å². The van der Waals surface area contributed by atoms with E-state index in [-0.39, 0.29) is 23.2 Å². The van der Waals surface area contributed by atoms with Gasteiger partial charge in [-0.2, -0.15) is 14.8 Å². The van der Waals surface area contributed by atoms with Crippen LogP contribution in [0.25, 0.3) is 5.78 Å². The Bertz CT molecular complexity index is 1410. The molecule has 0 fully saturated rings. The summed E-state index contributed by atoms with van der Waals surface area (Å²) in [5, 5.41) is 13.8. The Morgan fingerprint density at radius 1 is 1.06 bits per heavy atom. The second-order valence-electron chi connectivity index (χ2n) is 6.85. The predicted octanol–water partition coefficient (Wildman–Crippen LogP) is 3.66. The summed E-state index contributed by atoms with van der Waals surface area (Å²) >= 11 is 6.28. The van der Waals surface area contributed by atoms with E-state index in [2.05, 4.69) is 15.1 Å². The van der Waals surface area contributed by atoms with Crippen LogP contribution in [0.3, 0.4) is 0 Å². The molecule has 2 heterocycles. The van der Waals surface area contributed by atoms with Crippen LogP contribution in [0, 0.1) is 25.2 Å². The average Bonchev–Trinajstić information content (AvgIpc) is 3.20. The molecule has 0 saturated heterocycles. The van der Waals surface area contributed by atoms with Gasteiger partial charge >= 0.3 is 0 Å². The van der Waals surface area contributed by atoms with Crippen molar-refractivity contribution in [3.63, 3.8) is 0 Å². The van der Waals surface area contributed by atoms with Gasteiger partial charge in [-0.3, -0.25) is 0 Å². The minimum absolute atomic E-state index is 0.0222. The van der Waals surface area contributed by atoms with Crippen molar-refractivity contribution in [1.29, 1.82) is 5.26 Å². The van der Waals surface area contributed by atoms with Gasteiger partial charge in [0.15, 0.2) is 0 Å². The van der Waals surface area contributed by atoms with E-state index in [0.29, 0.717) is 27.5 Å². The SMILES string of the molecule is Cc1nc2nc(N(Cc3ccc(C#N)cc3)S(=O)(=O)c3ccccc3)nn2c(C)c1Cl. The number of benzene rings is 2. The molecule has 0 radical (unpaired) electrons. The number of hydrogen-bond acceptors (Lipinski definition) is 6. The molecule has 2 aromatic carbocycles. The fourth-order valence-corrected chi connectivity index (χ4v) is 4.57. The van der Waals surface area contributed by atoms with Crippen LogP contribution in [0.2, 0.25) is 5.02 Å². The molecule has 0 N–H and O–H groups in total. The number of aryl methyl sites for hydroxylation is 2. The summed E-state index contributed by atoms with van der Waals surface area (Å²) in [5.74, 6) is 0.230. The van der Waals surface area contributed by atoms with Gasteiger partial charge in [-0.15, -0.1) is 5.10 Å². The number of anilines is 1. The Balaban J connectivity index is 1.87. The lowest BCUT2D eigenvalue weighted by molar-refractivity contribution is 0.589. The van der Waals surface area contributed by atoms with Crippen molar-refractivity contribution in [2.45, 2.75) is 25.3 Å². The van der Waals surface area contributed by atoms with Gasteiger partial charge in [0, 0.05) is 0 Å². The van der Waals surface area contributed by atoms with Gasteiger partial charge in [0.25, 0.3) is 21.7 Å². The summed E-state index contributed by atoms with van der Waals surface area (Å²) in [6.45, 7) is 3.49. The second kappa shape index (κ2) is 7.98. The van der Waals surface area contributed by atoms with E-state index in [9.17, 15) is 8.42 Å². The van der Waals surface area contributed by atoms with E-state index in [1.54, 1.807) is 56.3 Å². The van der Waals surface area contributed by atoms with Crippen LogP contribution in [0.4, 0.5) is 5.95 Å². The van der Waals surface area contributed by atoms with Crippen LogP contribution in [0.1, 0.15) is 22.5 Å². The Morgan fingerprint density at radius 2 is 1.74 bits per heavy atom. The van der Waals surface area contributed by atoms with Gasteiger partial charge in [0.05, 0.1) is 39.5 Å². The summed E-state index contributed by atoms with van der Waals surface area (Å²) in [6.07, 6.45) is 0. The number of aromatic nitrogens is 4. The van der Waals surface area contributed by atoms with Gasteiger partial charge in [-0.05, 0) is 43.7 Å². The maximum absolute atomic E-state index is 13.5. The number of sulfonamides is 1. The van der Waals surface area contributed by atoms with Crippen molar-refractivity contribution in [3.05, 3.63) is 82.1 Å². The smallest absolute Gasteiger partial charge is 0.228 e. The highest BCUT2D eigenvalue weighted by atomic mass is 35.5. The number of rotatable bonds is 5. The topological polar surface area (TPSA) is 104 Å². The fraction of sp³-hybridized carbons (Fsp3) is 0.143. The minimum atomic E-state index is -3.98. The van der Waals surface area contributed by atoms with Crippen molar-refractivity contribution in [2.75, 3.05) is 4.31 Å². The van der Waals surface area contributed by atoms with Crippen LogP contribution in [-0.2, 0) is 16.6 Å². The lowest BCUT2D eigenvalue weighted by Crippen LogP contribution is -2.31. The Kier molecular flexibility index (Phi) is 5.35. The van der Waals surface area contributed by atoms with Crippen LogP contribution in [0.5, 0.6) is 0 Å². The van der Waals surface area contributed by atoms with Gasteiger partial charge in [-0.25, -0.2) is 17.7 Å². The third-order valence-electron chi connectivity index (χ3n) is 4.76. The molecule has 0 spiro atoms. The van der Waals surface area contributed by atoms with Crippen molar-refractivity contribution >= 4 is 33.4 Å². The van der Waals surface area contributed by atoms with Crippen molar-refractivity contribution < 1.29 is 8.42 Å². The zero-order chi connectivity index (χ0) is 22.2. The summed E-state index contributed by atoms with van der Waals surface area (Å²) in [5.41, 5.74) is 2.35. The lowest BCUT2D eigenvalue weighted by Gasteiger charge is -2.21. The third kappa shape index (κ3) is 3.83. The summed E-state index contributed by atoms with van der Waals surface area (Å²) in [4.78, 5) is 8.81. The van der Waals surface area contributed by atoms with Crippen LogP contribution in [-0.4, -0.2) is 28.0 Å². The monoisotopic (exact) mass is 452 g/mol. The van der Waals surface area contributed by atoms with Gasteiger partial charge in [0.2, 0.25) is 0 Å². The second-order valence-corrected chi connectivity index (χ2v) is 9.09. The zero-order valence-electron chi connectivity index (χ0n) is 16.7. The lowest BCUT2D eigenvalue weighted by atomic mass is 10.1. The Labute approximate surface area is 184 Å². The molecule has 0 aliphatic heterocycles. The van der Waals surface area contributed by atoms with E-state index >= 15 is 0 Å². The number of fused-ring (bicyclic) bond motifs is 1. The molecule has 31 heavy (non-hydrogen) atoms. The number of halogens is 1.